The first-order chi connectivity index (χ1) is 9.60. The molecule has 0 saturated carbocycles. The van der Waals surface area contributed by atoms with Crippen LogP contribution in [0.2, 0.25) is 0 Å². The molecule has 0 aliphatic rings. The quantitative estimate of drug-likeness (QED) is 0.804. The van der Waals surface area contributed by atoms with E-state index in [4.69, 9.17) is 0 Å². The van der Waals surface area contributed by atoms with E-state index in [9.17, 15) is 0 Å². The molecule has 108 valence electrons. The molecule has 2 aromatic rings. The third-order valence-corrected chi connectivity index (χ3v) is 4.91. The van der Waals surface area contributed by atoms with Gasteiger partial charge in [-0.15, -0.1) is 0 Å². The van der Waals surface area contributed by atoms with Crippen LogP contribution in [0.3, 0.4) is 0 Å². The summed E-state index contributed by atoms with van der Waals surface area (Å²) in [6.07, 6.45) is 1.87. The summed E-state index contributed by atoms with van der Waals surface area (Å²) in [4.78, 5) is 0. The van der Waals surface area contributed by atoms with Crippen molar-refractivity contribution in [3.05, 3.63) is 50.2 Å². The van der Waals surface area contributed by atoms with E-state index in [-0.39, 0.29) is 6.04 Å². The average molecular weight is 401 g/mol. The largest absolute Gasteiger partial charge is 0.305 e. The molecule has 0 bridgehead atoms. The number of nitrogens with one attached hydrogen (secondary N) is 1. The van der Waals surface area contributed by atoms with Gasteiger partial charge in [-0.2, -0.15) is 5.10 Å². The second kappa shape index (κ2) is 6.87. The fraction of sp³-hybridized carbons (Fsp3) is 0.400. The monoisotopic (exact) mass is 399 g/mol. The summed E-state index contributed by atoms with van der Waals surface area (Å²) in [5.74, 6) is 0. The first-order valence-electron chi connectivity index (χ1n) is 6.79. The van der Waals surface area contributed by atoms with Gasteiger partial charge in [-0.05, 0) is 53.5 Å². The molecule has 3 nitrogen and oxygen atoms in total. The lowest BCUT2D eigenvalue weighted by molar-refractivity contribution is 0.539. The Balaban J connectivity index is 2.56. The zero-order valence-corrected chi connectivity index (χ0v) is 15.1. The van der Waals surface area contributed by atoms with E-state index >= 15 is 0 Å². The molecule has 1 heterocycles. The minimum absolute atomic E-state index is 0.134. The SMILES string of the molecule is CCNC(c1cccc(Br)c1C)c1c(Br)cnn1CC. The first kappa shape index (κ1) is 15.7. The molecule has 1 aromatic heterocycles. The van der Waals surface area contributed by atoms with Crippen LogP contribution in [-0.2, 0) is 6.54 Å². The molecule has 0 aliphatic carbocycles. The second-order valence-electron chi connectivity index (χ2n) is 4.64. The predicted molar refractivity (Wildman–Crippen MR) is 90.0 cm³/mol. The van der Waals surface area contributed by atoms with E-state index in [0.717, 1.165) is 22.0 Å². The molecule has 1 atom stereocenters. The fourth-order valence-electron chi connectivity index (χ4n) is 2.41. The van der Waals surface area contributed by atoms with Gasteiger partial charge in [0.1, 0.15) is 0 Å². The Labute approximate surface area is 137 Å². The maximum absolute atomic E-state index is 4.43. The molecule has 0 radical (unpaired) electrons. The number of halogens is 2. The minimum Gasteiger partial charge on any atom is -0.305 e. The van der Waals surface area contributed by atoms with Crippen LogP contribution in [0.4, 0.5) is 0 Å². The molecule has 5 heteroatoms. The third-order valence-electron chi connectivity index (χ3n) is 3.44. The van der Waals surface area contributed by atoms with Gasteiger partial charge in [-0.3, -0.25) is 4.68 Å². The van der Waals surface area contributed by atoms with Crippen molar-refractivity contribution >= 4 is 31.9 Å². The maximum atomic E-state index is 4.43. The van der Waals surface area contributed by atoms with Crippen molar-refractivity contribution in [3.8, 4) is 0 Å². The lowest BCUT2D eigenvalue weighted by Crippen LogP contribution is -2.26. The Morgan fingerprint density at radius 3 is 2.65 bits per heavy atom. The second-order valence-corrected chi connectivity index (χ2v) is 6.35. The van der Waals surface area contributed by atoms with Gasteiger partial charge < -0.3 is 5.32 Å². The molecule has 1 aromatic carbocycles. The third kappa shape index (κ3) is 3.00. The number of benzene rings is 1. The van der Waals surface area contributed by atoms with Gasteiger partial charge in [0.15, 0.2) is 0 Å². The van der Waals surface area contributed by atoms with Crippen LogP contribution in [0.5, 0.6) is 0 Å². The highest BCUT2D eigenvalue weighted by atomic mass is 79.9. The Kier molecular flexibility index (Phi) is 5.41. The Morgan fingerprint density at radius 1 is 1.25 bits per heavy atom. The topological polar surface area (TPSA) is 29.9 Å². The van der Waals surface area contributed by atoms with Gasteiger partial charge in [0.2, 0.25) is 0 Å². The number of nitrogens with zero attached hydrogens (tertiary/aromatic N) is 2. The van der Waals surface area contributed by atoms with Crippen LogP contribution in [-0.4, -0.2) is 16.3 Å². The van der Waals surface area contributed by atoms with E-state index < -0.39 is 0 Å². The zero-order valence-electron chi connectivity index (χ0n) is 12.0. The highest BCUT2D eigenvalue weighted by Crippen LogP contribution is 2.32. The van der Waals surface area contributed by atoms with Gasteiger partial charge in [0.25, 0.3) is 0 Å². The Morgan fingerprint density at radius 2 is 2.00 bits per heavy atom. The summed E-state index contributed by atoms with van der Waals surface area (Å²) in [7, 11) is 0. The van der Waals surface area contributed by atoms with Crippen LogP contribution in [0.25, 0.3) is 0 Å². The van der Waals surface area contributed by atoms with E-state index in [1.54, 1.807) is 0 Å². The van der Waals surface area contributed by atoms with Gasteiger partial charge in [-0.1, -0.05) is 35.0 Å². The molecule has 20 heavy (non-hydrogen) atoms. The summed E-state index contributed by atoms with van der Waals surface area (Å²) in [5.41, 5.74) is 3.71. The van der Waals surface area contributed by atoms with Crippen LogP contribution in [0.15, 0.2) is 33.3 Å². The van der Waals surface area contributed by atoms with Gasteiger partial charge in [-0.25, -0.2) is 0 Å². The first-order valence-corrected chi connectivity index (χ1v) is 8.38. The van der Waals surface area contributed by atoms with Crippen molar-refractivity contribution in [2.75, 3.05) is 6.54 Å². The summed E-state index contributed by atoms with van der Waals surface area (Å²) in [6, 6.07) is 6.47. The van der Waals surface area contributed by atoms with E-state index in [1.165, 1.54) is 16.8 Å². The molecule has 0 amide bonds. The average Bonchev–Trinajstić information content (AvgIpc) is 2.81. The van der Waals surface area contributed by atoms with Gasteiger partial charge >= 0.3 is 0 Å². The number of hydrogen-bond donors (Lipinski definition) is 1. The van der Waals surface area contributed by atoms with Gasteiger partial charge in [0, 0.05) is 11.0 Å². The zero-order chi connectivity index (χ0) is 14.7. The summed E-state index contributed by atoms with van der Waals surface area (Å²) in [6.45, 7) is 8.14. The maximum Gasteiger partial charge on any atom is 0.0762 e. The van der Waals surface area contributed by atoms with Crippen LogP contribution < -0.4 is 5.32 Å². The van der Waals surface area contributed by atoms with Crippen molar-refractivity contribution in [2.24, 2.45) is 0 Å². The Hall–Kier alpha value is -0.650. The summed E-state index contributed by atoms with van der Waals surface area (Å²) in [5, 5.41) is 8.01. The predicted octanol–water partition coefficient (Wildman–Crippen LogP) is 4.44. The van der Waals surface area contributed by atoms with Crippen molar-refractivity contribution < 1.29 is 0 Å². The van der Waals surface area contributed by atoms with E-state index in [1.807, 2.05) is 10.9 Å². The summed E-state index contributed by atoms with van der Waals surface area (Å²) >= 11 is 7.25. The van der Waals surface area contributed by atoms with Crippen molar-refractivity contribution in [2.45, 2.75) is 33.4 Å². The number of rotatable bonds is 5. The summed E-state index contributed by atoms with van der Waals surface area (Å²) < 4.78 is 4.22. The number of hydrogen-bond acceptors (Lipinski definition) is 2. The molecule has 0 fully saturated rings. The number of aryl methyl sites for hydroxylation is 1. The lowest BCUT2D eigenvalue weighted by Gasteiger charge is -2.22. The van der Waals surface area contributed by atoms with E-state index in [2.05, 4.69) is 81.2 Å². The molecule has 0 spiro atoms. The normalized spacial score (nSPS) is 12.7. The van der Waals surface area contributed by atoms with Gasteiger partial charge in [0.05, 0.1) is 22.4 Å². The van der Waals surface area contributed by atoms with Crippen molar-refractivity contribution in [1.29, 1.82) is 0 Å². The lowest BCUT2D eigenvalue weighted by atomic mass is 9.98. The van der Waals surface area contributed by atoms with Crippen LogP contribution >= 0.6 is 31.9 Å². The molecule has 1 N–H and O–H groups in total. The molecule has 2 rings (SSSR count). The molecular weight excluding hydrogens is 382 g/mol. The molecule has 0 saturated heterocycles. The van der Waals surface area contributed by atoms with Crippen LogP contribution in [0, 0.1) is 6.92 Å². The molecule has 1 unspecified atom stereocenters. The van der Waals surface area contributed by atoms with Crippen LogP contribution in [0.1, 0.15) is 36.7 Å². The smallest absolute Gasteiger partial charge is 0.0762 e. The van der Waals surface area contributed by atoms with Crippen molar-refractivity contribution in [1.82, 2.24) is 15.1 Å². The van der Waals surface area contributed by atoms with E-state index in [0.29, 0.717) is 0 Å². The highest BCUT2D eigenvalue weighted by Gasteiger charge is 2.22. The minimum atomic E-state index is 0.134. The van der Waals surface area contributed by atoms with Crippen molar-refractivity contribution in [3.63, 3.8) is 0 Å². The highest BCUT2D eigenvalue weighted by molar-refractivity contribution is 9.10. The molecule has 0 aliphatic heterocycles. The Bertz CT molecular complexity index is 593. The number of aromatic nitrogens is 2. The standard InChI is InChI=1S/C15H19Br2N3/c1-4-18-14(11-7-6-8-12(16)10(11)3)15-13(17)9-19-20(15)5-2/h6-9,14,18H,4-5H2,1-3H3. The fourth-order valence-corrected chi connectivity index (χ4v) is 3.31. The molecular formula is C15H19Br2N3.